The number of pyridine rings is 1. The molecule has 2 amide bonds. The highest BCUT2D eigenvalue weighted by Gasteiger charge is 2.39. The number of aromatic nitrogens is 1. The van der Waals surface area contributed by atoms with Gasteiger partial charge in [-0.15, -0.1) is 0 Å². The van der Waals surface area contributed by atoms with Crippen LogP contribution in [0.3, 0.4) is 0 Å². The number of carbonyl (C=O) groups is 2. The largest absolute Gasteiger partial charge is 0.375 e. The van der Waals surface area contributed by atoms with E-state index in [4.69, 9.17) is 4.74 Å². The molecular weight excluding hydrogens is 294 g/mol. The molecular formula is C17H23N3O3. The molecule has 2 aliphatic rings. The van der Waals surface area contributed by atoms with Gasteiger partial charge in [-0.1, -0.05) is 6.07 Å². The molecule has 0 spiro atoms. The predicted octanol–water partition coefficient (Wildman–Crippen LogP) is 1.07. The standard InChI is InChI=1S/C17H23N3O3/c1-12-11-23-13(2)8-20(12)17(22)14-7-16(21)19(9-14)10-15-5-3-4-6-18-15/h3-6,12-14H,7-11H2,1-2H3/t12-,13+,14+/m0/s1. The average Bonchev–Trinajstić information content (AvgIpc) is 2.91. The predicted molar refractivity (Wildman–Crippen MR) is 84.4 cm³/mol. The normalized spacial score (nSPS) is 28.3. The molecule has 2 fully saturated rings. The molecule has 0 unspecified atom stereocenters. The van der Waals surface area contributed by atoms with Crippen molar-refractivity contribution in [3.8, 4) is 0 Å². The van der Waals surface area contributed by atoms with Crippen LogP contribution in [0.25, 0.3) is 0 Å². The van der Waals surface area contributed by atoms with Crippen LogP contribution in [0.1, 0.15) is 26.0 Å². The number of carbonyl (C=O) groups excluding carboxylic acids is 2. The van der Waals surface area contributed by atoms with Gasteiger partial charge >= 0.3 is 0 Å². The molecule has 2 saturated heterocycles. The lowest BCUT2D eigenvalue weighted by atomic mass is 10.0. The van der Waals surface area contributed by atoms with E-state index in [1.54, 1.807) is 11.1 Å². The van der Waals surface area contributed by atoms with E-state index in [9.17, 15) is 9.59 Å². The van der Waals surface area contributed by atoms with Crippen molar-refractivity contribution in [3.05, 3.63) is 30.1 Å². The molecule has 0 N–H and O–H groups in total. The van der Waals surface area contributed by atoms with Crippen LogP contribution in [0.2, 0.25) is 0 Å². The number of hydrogen-bond donors (Lipinski definition) is 0. The number of morpholine rings is 1. The Bertz CT molecular complexity index is 578. The maximum absolute atomic E-state index is 12.8. The van der Waals surface area contributed by atoms with Crippen molar-refractivity contribution in [2.75, 3.05) is 19.7 Å². The van der Waals surface area contributed by atoms with Crippen LogP contribution >= 0.6 is 0 Å². The SMILES string of the molecule is C[C@@H]1CN(C(=O)[C@@H]2CC(=O)N(Cc3ccccn3)C2)[C@@H](C)CO1. The lowest BCUT2D eigenvalue weighted by Gasteiger charge is -2.38. The summed E-state index contributed by atoms with van der Waals surface area (Å²) in [6, 6.07) is 5.72. The number of amides is 2. The highest BCUT2D eigenvalue weighted by Crippen LogP contribution is 2.24. The molecule has 3 heterocycles. The molecule has 1 aromatic rings. The van der Waals surface area contributed by atoms with Crippen LogP contribution in [0.15, 0.2) is 24.4 Å². The Balaban J connectivity index is 1.63. The monoisotopic (exact) mass is 317 g/mol. The van der Waals surface area contributed by atoms with Crippen LogP contribution in [-0.2, 0) is 20.9 Å². The first-order valence-electron chi connectivity index (χ1n) is 8.14. The topological polar surface area (TPSA) is 62.7 Å². The molecule has 1 aromatic heterocycles. The maximum atomic E-state index is 12.8. The Morgan fingerprint density at radius 3 is 2.91 bits per heavy atom. The number of hydrogen-bond acceptors (Lipinski definition) is 4. The number of nitrogens with zero attached hydrogens (tertiary/aromatic N) is 3. The van der Waals surface area contributed by atoms with E-state index >= 15 is 0 Å². The second-order valence-corrected chi connectivity index (χ2v) is 6.48. The van der Waals surface area contributed by atoms with Gasteiger partial charge in [0.25, 0.3) is 0 Å². The zero-order valence-electron chi connectivity index (χ0n) is 13.6. The molecule has 6 nitrogen and oxygen atoms in total. The van der Waals surface area contributed by atoms with Crippen molar-refractivity contribution >= 4 is 11.8 Å². The molecule has 124 valence electrons. The van der Waals surface area contributed by atoms with Crippen LogP contribution in [0, 0.1) is 5.92 Å². The summed E-state index contributed by atoms with van der Waals surface area (Å²) in [7, 11) is 0. The van der Waals surface area contributed by atoms with Gasteiger partial charge in [-0.2, -0.15) is 0 Å². The molecule has 23 heavy (non-hydrogen) atoms. The third-order valence-corrected chi connectivity index (χ3v) is 4.53. The van der Waals surface area contributed by atoms with Crippen LogP contribution in [-0.4, -0.2) is 58.4 Å². The Labute approximate surface area is 136 Å². The second kappa shape index (κ2) is 6.66. The zero-order chi connectivity index (χ0) is 16.4. The molecule has 0 aliphatic carbocycles. The van der Waals surface area contributed by atoms with E-state index in [-0.39, 0.29) is 29.9 Å². The summed E-state index contributed by atoms with van der Waals surface area (Å²) in [6.45, 7) is 6.08. The Hall–Kier alpha value is -1.95. The summed E-state index contributed by atoms with van der Waals surface area (Å²) in [5.41, 5.74) is 0.849. The molecule has 3 atom stereocenters. The number of likely N-dealkylation sites (tertiary alicyclic amines) is 1. The first-order chi connectivity index (χ1) is 11.0. The lowest BCUT2D eigenvalue weighted by molar-refractivity contribution is -0.147. The van der Waals surface area contributed by atoms with Crippen molar-refractivity contribution in [1.82, 2.24) is 14.8 Å². The molecule has 0 aromatic carbocycles. The van der Waals surface area contributed by atoms with Gasteiger partial charge in [0.15, 0.2) is 0 Å². The fraction of sp³-hybridized carbons (Fsp3) is 0.588. The Kier molecular flexibility index (Phi) is 4.61. The molecule has 6 heteroatoms. The van der Waals surface area contributed by atoms with Gasteiger partial charge in [-0.3, -0.25) is 14.6 Å². The van der Waals surface area contributed by atoms with Gasteiger partial charge in [0.05, 0.1) is 36.9 Å². The summed E-state index contributed by atoms with van der Waals surface area (Å²) in [4.78, 5) is 32.9. The van der Waals surface area contributed by atoms with E-state index in [2.05, 4.69) is 4.98 Å². The fourth-order valence-corrected chi connectivity index (χ4v) is 3.22. The Morgan fingerprint density at radius 2 is 2.17 bits per heavy atom. The van der Waals surface area contributed by atoms with Gasteiger partial charge in [-0.25, -0.2) is 0 Å². The van der Waals surface area contributed by atoms with Gasteiger partial charge in [0.1, 0.15) is 0 Å². The first kappa shape index (κ1) is 15.9. The van der Waals surface area contributed by atoms with Crippen molar-refractivity contribution in [2.45, 2.75) is 39.0 Å². The van der Waals surface area contributed by atoms with E-state index in [1.165, 1.54) is 0 Å². The minimum Gasteiger partial charge on any atom is -0.375 e. The third-order valence-electron chi connectivity index (χ3n) is 4.53. The molecule has 3 rings (SSSR count). The van der Waals surface area contributed by atoms with E-state index in [1.807, 2.05) is 36.9 Å². The highest BCUT2D eigenvalue weighted by atomic mass is 16.5. The van der Waals surface area contributed by atoms with E-state index < -0.39 is 0 Å². The quantitative estimate of drug-likeness (QED) is 0.836. The van der Waals surface area contributed by atoms with Crippen LogP contribution < -0.4 is 0 Å². The summed E-state index contributed by atoms with van der Waals surface area (Å²) >= 11 is 0. The second-order valence-electron chi connectivity index (χ2n) is 6.48. The van der Waals surface area contributed by atoms with E-state index in [0.717, 1.165) is 5.69 Å². The molecule has 0 bridgehead atoms. The molecule has 2 aliphatic heterocycles. The molecule has 0 saturated carbocycles. The van der Waals surface area contributed by atoms with Gasteiger partial charge < -0.3 is 14.5 Å². The van der Waals surface area contributed by atoms with Crippen molar-refractivity contribution in [3.63, 3.8) is 0 Å². The summed E-state index contributed by atoms with van der Waals surface area (Å²) < 4.78 is 5.57. The minimum absolute atomic E-state index is 0.0305. The zero-order valence-corrected chi connectivity index (χ0v) is 13.6. The fourth-order valence-electron chi connectivity index (χ4n) is 3.22. The van der Waals surface area contributed by atoms with Crippen LogP contribution in [0.5, 0.6) is 0 Å². The Morgan fingerprint density at radius 1 is 1.35 bits per heavy atom. The molecule has 0 radical (unpaired) electrons. The van der Waals surface area contributed by atoms with Crippen molar-refractivity contribution in [2.24, 2.45) is 5.92 Å². The van der Waals surface area contributed by atoms with Gasteiger partial charge in [0.2, 0.25) is 11.8 Å². The summed E-state index contributed by atoms with van der Waals surface area (Å²) in [6.07, 6.45) is 2.07. The maximum Gasteiger partial charge on any atom is 0.228 e. The van der Waals surface area contributed by atoms with Crippen molar-refractivity contribution in [1.29, 1.82) is 0 Å². The smallest absolute Gasteiger partial charge is 0.228 e. The number of ether oxygens (including phenoxy) is 1. The third kappa shape index (κ3) is 3.52. The highest BCUT2D eigenvalue weighted by molar-refractivity contribution is 5.89. The van der Waals surface area contributed by atoms with Gasteiger partial charge in [-0.05, 0) is 26.0 Å². The first-order valence-corrected chi connectivity index (χ1v) is 8.14. The van der Waals surface area contributed by atoms with Gasteiger partial charge in [0, 0.05) is 25.7 Å². The average molecular weight is 317 g/mol. The van der Waals surface area contributed by atoms with Crippen molar-refractivity contribution < 1.29 is 14.3 Å². The van der Waals surface area contributed by atoms with Crippen LogP contribution in [0.4, 0.5) is 0 Å². The minimum atomic E-state index is -0.251. The number of rotatable bonds is 3. The summed E-state index contributed by atoms with van der Waals surface area (Å²) in [5, 5.41) is 0. The lowest BCUT2D eigenvalue weighted by Crippen LogP contribution is -2.52. The van der Waals surface area contributed by atoms with E-state index in [0.29, 0.717) is 32.7 Å². The summed E-state index contributed by atoms with van der Waals surface area (Å²) in [5.74, 6) is -0.147.